The molecule has 2 aromatic carbocycles. The molecule has 1 N–H and O–H groups in total. The van der Waals surface area contributed by atoms with Gasteiger partial charge in [-0.3, -0.25) is 9.59 Å². The Morgan fingerprint density at radius 3 is 2.64 bits per heavy atom. The van der Waals surface area contributed by atoms with Gasteiger partial charge in [0.25, 0.3) is 0 Å². The monoisotopic (exact) mass is 340 g/mol. The number of carbonyl (C=O) groups excluding carboxylic acids is 2. The first-order valence-corrected chi connectivity index (χ1v) is 7.94. The molecule has 0 bridgehead atoms. The second-order valence-electron chi connectivity index (χ2n) is 5.90. The van der Waals surface area contributed by atoms with Gasteiger partial charge >= 0.3 is 0 Å². The Labute approximate surface area is 143 Å². The maximum Gasteiger partial charge on any atom is 0.226 e. The summed E-state index contributed by atoms with van der Waals surface area (Å²) in [5.41, 5.74) is 1.61. The third-order valence-corrected chi connectivity index (χ3v) is 3.85. The van der Waals surface area contributed by atoms with Gasteiger partial charge in [0.15, 0.2) is 11.4 Å². The Balaban J connectivity index is 1.57. The highest BCUT2D eigenvalue weighted by Crippen LogP contribution is 2.18. The average molecular weight is 340 g/mol. The van der Waals surface area contributed by atoms with Crippen molar-refractivity contribution in [1.82, 2.24) is 10.5 Å². The van der Waals surface area contributed by atoms with Crippen molar-refractivity contribution in [2.45, 2.75) is 25.8 Å². The van der Waals surface area contributed by atoms with Gasteiger partial charge in [-0.1, -0.05) is 17.3 Å². The molecule has 0 aliphatic rings. The fourth-order valence-electron chi connectivity index (χ4n) is 2.63. The van der Waals surface area contributed by atoms with Crippen LogP contribution in [0.4, 0.5) is 4.39 Å². The van der Waals surface area contributed by atoms with Crippen molar-refractivity contribution < 1.29 is 18.5 Å². The number of aromatic nitrogens is 1. The van der Waals surface area contributed by atoms with Gasteiger partial charge in [0, 0.05) is 23.4 Å². The number of hydrogen-bond donors (Lipinski definition) is 1. The van der Waals surface area contributed by atoms with Crippen molar-refractivity contribution in [3.05, 3.63) is 65.6 Å². The SMILES string of the molecule is C[C@H](CC(=O)c1ccc(F)cc1)NC(=O)Cc1noc2ccccc12. The number of hydrogen-bond acceptors (Lipinski definition) is 4. The van der Waals surface area contributed by atoms with Gasteiger partial charge in [-0.25, -0.2) is 4.39 Å². The molecule has 1 atom stereocenters. The molecule has 5 nitrogen and oxygen atoms in total. The Morgan fingerprint density at radius 1 is 1.16 bits per heavy atom. The summed E-state index contributed by atoms with van der Waals surface area (Å²) in [6.07, 6.45) is 0.211. The van der Waals surface area contributed by atoms with E-state index in [0.29, 0.717) is 16.8 Å². The quantitative estimate of drug-likeness (QED) is 0.699. The van der Waals surface area contributed by atoms with Crippen LogP contribution in [0, 0.1) is 5.82 Å². The molecule has 0 saturated carbocycles. The average Bonchev–Trinajstić information content (AvgIpc) is 2.98. The number of nitrogens with zero attached hydrogens (tertiary/aromatic N) is 1. The highest BCUT2D eigenvalue weighted by Gasteiger charge is 2.16. The van der Waals surface area contributed by atoms with Crippen LogP contribution >= 0.6 is 0 Å². The highest BCUT2D eigenvalue weighted by molar-refractivity contribution is 5.96. The minimum atomic E-state index is -0.391. The normalized spacial score (nSPS) is 12.1. The lowest BCUT2D eigenvalue weighted by Gasteiger charge is -2.12. The largest absolute Gasteiger partial charge is 0.356 e. The summed E-state index contributed by atoms with van der Waals surface area (Å²) < 4.78 is 18.1. The van der Waals surface area contributed by atoms with Crippen molar-refractivity contribution >= 4 is 22.7 Å². The number of para-hydroxylation sites is 1. The summed E-state index contributed by atoms with van der Waals surface area (Å²) in [6, 6.07) is 12.3. The fourth-order valence-corrected chi connectivity index (χ4v) is 2.63. The van der Waals surface area contributed by atoms with Crippen LogP contribution in [0.5, 0.6) is 0 Å². The van der Waals surface area contributed by atoms with E-state index in [1.54, 1.807) is 13.0 Å². The maximum atomic E-state index is 12.9. The summed E-state index contributed by atoms with van der Waals surface area (Å²) in [6.45, 7) is 1.75. The van der Waals surface area contributed by atoms with E-state index in [1.807, 2.05) is 18.2 Å². The standard InChI is InChI=1S/C19H17FN2O3/c1-12(10-17(23)13-6-8-14(20)9-7-13)21-19(24)11-16-15-4-2-3-5-18(15)25-22-16/h2-9,12H,10-11H2,1H3,(H,21,24)/t12-/m1/s1. The second-order valence-corrected chi connectivity index (χ2v) is 5.90. The molecular weight excluding hydrogens is 323 g/mol. The van der Waals surface area contributed by atoms with E-state index < -0.39 is 5.82 Å². The third kappa shape index (κ3) is 4.09. The zero-order chi connectivity index (χ0) is 17.8. The Bertz CT molecular complexity index is 902. The number of benzene rings is 2. The molecule has 128 valence electrons. The molecule has 0 aliphatic carbocycles. The van der Waals surface area contributed by atoms with E-state index >= 15 is 0 Å². The first-order valence-electron chi connectivity index (χ1n) is 7.94. The number of nitrogens with one attached hydrogen (secondary N) is 1. The fraction of sp³-hybridized carbons (Fsp3) is 0.211. The molecule has 3 aromatic rings. The number of rotatable bonds is 6. The molecule has 0 spiro atoms. The molecule has 0 fully saturated rings. The zero-order valence-corrected chi connectivity index (χ0v) is 13.7. The van der Waals surface area contributed by atoms with E-state index in [0.717, 1.165) is 5.39 Å². The summed E-state index contributed by atoms with van der Waals surface area (Å²) in [5.74, 6) is -0.782. The first-order chi connectivity index (χ1) is 12.0. The molecule has 3 rings (SSSR count). The van der Waals surface area contributed by atoms with Crippen LogP contribution in [0.15, 0.2) is 53.1 Å². The van der Waals surface area contributed by atoms with Crippen molar-refractivity contribution in [2.75, 3.05) is 0 Å². The summed E-state index contributed by atoms with van der Waals surface area (Å²) in [4.78, 5) is 24.3. The Morgan fingerprint density at radius 2 is 1.88 bits per heavy atom. The van der Waals surface area contributed by atoms with Gasteiger partial charge in [0.1, 0.15) is 11.5 Å². The number of carbonyl (C=O) groups is 2. The number of fused-ring (bicyclic) bond motifs is 1. The van der Waals surface area contributed by atoms with Gasteiger partial charge in [-0.05, 0) is 43.3 Å². The first kappa shape index (κ1) is 16.8. The topological polar surface area (TPSA) is 72.2 Å². The van der Waals surface area contributed by atoms with E-state index in [4.69, 9.17) is 4.52 Å². The molecule has 0 radical (unpaired) electrons. The minimum Gasteiger partial charge on any atom is -0.356 e. The van der Waals surface area contributed by atoms with Gasteiger partial charge < -0.3 is 9.84 Å². The van der Waals surface area contributed by atoms with E-state index in [-0.39, 0.29) is 30.6 Å². The molecular formula is C19H17FN2O3. The van der Waals surface area contributed by atoms with Crippen molar-refractivity contribution in [3.63, 3.8) is 0 Å². The predicted molar refractivity (Wildman–Crippen MR) is 90.7 cm³/mol. The lowest BCUT2D eigenvalue weighted by molar-refractivity contribution is -0.121. The van der Waals surface area contributed by atoms with E-state index in [2.05, 4.69) is 10.5 Å². The van der Waals surface area contributed by atoms with Crippen LogP contribution in [-0.2, 0) is 11.2 Å². The third-order valence-electron chi connectivity index (χ3n) is 3.85. The van der Waals surface area contributed by atoms with E-state index in [1.165, 1.54) is 24.3 Å². The smallest absolute Gasteiger partial charge is 0.226 e. The van der Waals surface area contributed by atoms with Crippen molar-refractivity contribution in [1.29, 1.82) is 0 Å². The molecule has 6 heteroatoms. The molecule has 1 aromatic heterocycles. The van der Waals surface area contributed by atoms with Crippen molar-refractivity contribution in [2.24, 2.45) is 0 Å². The lowest BCUT2D eigenvalue weighted by atomic mass is 10.0. The second kappa shape index (κ2) is 7.25. The molecule has 1 heterocycles. The summed E-state index contributed by atoms with van der Waals surface area (Å²) in [5, 5.41) is 7.50. The molecule has 25 heavy (non-hydrogen) atoms. The number of halogens is 1. The maximum absolute atomic E-state index is 12.9. The Hall–Kier alpha value is -3.02. The van der Waals surface area contributed by atoms with Gasteiger partial charge in [-0.2, -0.15) is 0 Å². The van der Waals surface area contributed by atoms with Crippen LogP contribution in [0.3, 0.4) is 0 Å². The lowest BCUT2D eigenvalue weighted by Crippen LogP contribution is -2.35. The molecule has 0 saturated heterocycles. The van der Waals surface area contributed by atoms with Crippen LogP contribution < -0.4 is 5.32 Å². The van der Waals surface area contributed by atoms with Gasteiger partial charge in [0.2, 0.25) is 5.91 Å². The van der Waals surface area contributed by atoms with Crippen LogP contribution in [0.1, 0.15) is 29.4 Å². The van der Waals surface area contributed by atoms with Gasteiger partial charge in [-0.15, -0.1) is 0 Å². The highest BCUT2D eigenvalue weighted by atomic mass is 19.1. The molecule has 0 unspecified atom stereocenters. The van der Waals surface area contributed by atoms with Crippen LogP contribution in [0.2, 0.25) is 0 Å². The van der Waals surface area contributed by atoms with Crippen molar-refractivity contribution in [3.8, 4) is 0 Å². The van der Waals surface area contributed by atoms with Gasteiger partial charge in [0.05, 0.1) is 6.42 Å². The zero-order valence-electron chi connectivity index (χ0n) is 13.7. The minimum absolute atomic E-state index is 0.0755. The molecule has 0 aliphatic heterocycles. The van der Waals surface area contributed by atoms with E-state index in [9.17, 15) is 14.0 Å². The number of amides is 1. The van der Waals surface area contributed by atoms with Crippen LogP contribution in [-0.4, -0.2) is 22.9 Å². The predicted octanol–water partition coefficient (Wildman–Crippen LogP) is 3.29. The van der Waals surface area contributed by atoms with Crippen LogP contribution in [0.25, 0.3) is 11.0 Å². The number of Topliss-reactive ketones (excluding diaryl/α,β-unsaturated/α-hetero) is 1. The summed E-state index contributed by atoms with van der Waals surface area (Å²) >= 11 is 0. The molecule has 1 amide bonds. The summed E-state index contributed by atoms with van der Waals surface area (Å²) in [7, 11) is 0. The Kier molecular flexibility index (Phi) is 4.88. The number of ketones is 1.